The van der Waals surface area contributed by atoms with Crippen molar-refractivity contribution < 1.29 is 4.79 Å². The molecular formula is C16H16N4O. The predicted octanol–water partition coefficient (Wildman–Crippen LogP) is 2.28. The van der Waals surface area contributed by atoms with Crippen molar-refractivity contribution in [2.24, 2.45) is 0 Å². The van der Waals surface area contributed by atoms with Crippen LogP contribution in [0.2, 0.25) is 0 Å². The van der Waals surface area contributed by atoms with Gasteiger partial charge in [-0.1, -0.05) is 12.1 Å². The number of nitrogens with zero attached hydrogens (tertiary/aromatic N) is 3. The Hall–Kier alpha value is -2.69. The fraction of sp³-hybridized carbons (Fsp3) is 0.188. The fourth-order valence-electron chi connectivity index (χ4n) is 2.31. The molecule has 5 nitrogen and oxygen atoms in total. The van der Waals surface area contributed by atoms with Gasteiger partial charge in [0.1, 0.15) is 11.3 Å². The summed E-state index contributed by atoms with van der Waals surface area (Å²) < 4.78 is 1.84. The summed E-state index contributed by atoms with van der Waals surface area (Å²) in [5, 5.41) is 2.91. The molecule has 0 saturated heterocycles. The number of hydrogen-bond donors (Lipinski definition) is 1. The van der Waals surface area contributed by atoms with E-state index in [9.17, 15) is 4.79 Å². The van der Waals surface area contributed by atoms with E-state index in [2.05, 4.69) is 15.3 Å². The molecule has 1 amide bonds. The maximum absolute atomic E-state index is 12.4. The van der Waals surface area contributed by atoms with Crippen LogP contribution < -0.4 is 5.32 Å². The molecule has 0 bridgehead atoms. The molecule has 3 heterocycles. The minimum absolute atomic E-state index is 0.130. The zero-order chi connectivity index (χ0) is 14.8. The van der Waals surface area contributed by atoms with Gasteiger partial charge in [-0.2, -0.15) is 0 Å². The third kappa shape index (κ3) is 2.63. The molecule has 0 unspecified atom stereocenters. The lowest BCUT2D eigenvalue weighted by Crippen LogP contribution is -2.25. The highest BCUT2D eigenvalue weighted by atomic mass is 16.1. The number of amides is 1. The lowest BCUT2D eigenvalue weighted by Gasteiger charge is -2.06. The quantitative estimate of drug-likeness (QED) is 0.800. The van der Waals surface area contributed by atoms with Crippen LogP contribution in [-0.4, -0.2) is 20.3 Å². The van der Waals surface area contributed by atoms with Gasteiger partial charge in [-0.05, 0) is 37.1 Å². The summed E-state index contributed by atoms with van der Waals surface area (Å²) >= 11 is 0. The molecule has 3 rings (SSSR count). The Morgan fingerprint density at radius 1 is 1.29 bits per heavy atom. The van der Waals surface area contributed by atoms with E-state index in [0.29, 0.717) is 12.2 Å². The van der Waals surface area contributed by atoms with Gasteiger partial charge < -0.3 is 5.32 Å². The average Bonchev–Trinajstić information content (AvgIpc) is 2.81. The van der Waals surface area contributed by atoms with Crippen molar-refractivity contribution in [3.8, 4) is 0 Å². The van der Waals surface area contributed by atoms with Gasteiger partial charge in [0.25, 0.3) is 5.91 Å². The molecule has 3 aromatic heterocycles. The zero-order valence-electron chi connectivity index (χ0n) is 12.0. The second-order valence-corrected chi connectivity index (χ2v) is 5.02. The Labute approximate surface area is 122 Å². The van der Waals surface area contributed by atoms with Crippen molar-refractivity contribution in [3.63, 3.8) is 0 Å². The number of carbonyl (C=O) groups excluding carboxylic acids is 1. The van der Waals surface area contributed by atoms with Crippen molar-refractivity contribution in [1.82, 2.24) is 19.7 Å². The summed E-state index contributed by atoms with van der Waals surface area (Å²) in [7, 11) is 0. The van der Waals surface area contributed by atoms with Gasteiger partial charge in [-0.3, -0.25) is 14.2 Å². The van der Waals surface area contributed by atoms with Crippen molar-refractivity contribution in [2.75, 3.05) is 0 Å². The van der Waals surface area contributed by atoms with E-state index in [1.807, 2.05) is 48.7 Å². The van der Waals surface area contributed by atoms with Crippen LogP contribution in [0.4, 0.5) is 0 Å². The van der Waals surface area contributed by atoms with Gasteiger partial charge in [-0.25, -0.2) is 4.98 Å². The van der Waals surface area contributed by atoms with Gasteiger partial charge >= 0.3 is 0 Å². The van der Waals surface area contributed by atoms with Crippen molar-refractivity contribution in [2.45, 2.75) is 20.4 Å². The monoisotopic (exact) mass is 280 g/mol. The molecule has 5 heteroatoms. The first kappa shape index (κ1) is 13.3. The number of nitrogens with one attached hydrogen (secondary N) is 1. The highest BCUT2D eigenvalue weighted by Crippen LogP contribution is 2.13. The molecule has 0 radical (unpaired) electrons. The minimum atomic E-state index is -0.130. The molecule has 1 N–H and O–H groups in total. The number of fused-ring (bicyclic) bond motifs is 1. The Morgan fingerprint density at radius 2 is 2.14 bits per heavy atom. The van der Waals surface area contributed by atoms with Crippen LogP contribution in [0.1, 0.15) is 27.3 Å². The van der Waals surface area contributed by atoms with Crippen LogP contribution in [0.25, 0.3) is 5.65 Å². The number of aryl methyl sites for hydroxylation is 2. The van der Waals surface area contributed by atoms with E-state index in [1.54, 1.807) is 12.4 Å². The van der Waals surface area contributed by atoms with Crippen molar-refractivity contribution in [1.29, 1.82) is 0 Å². The largest absolute Gasteiger partial charge is 0.347 e. The van der Waals surface area contributed by atoms with Gasteiger partial charge in [0.2, 0.25) is 0 Å². The highest BCUT2D eigenvalue weighted by molar-refractivity contribution is 5.94. The standard InChI is InChI=1S/C16H16N4O/c1-11-5-6-14-19-12(2)15(20(14)10-11)16(21)18-9-13-4-3-7-17-8-13/h3-8,10H,9H2,1-2H3,(H,18,21). The second-order valence-electron chi connectivity index (χ2n) is 5.02. The molecule has 0 aliphatic heterocycles. The summed E-state index contributed by atoms with van der Waals surface area (Å²) in [5.41, 5.74) is 4.14. The van der Waals surface area contributed by atoms with Gasteiger partial charge in [-0.15, -0.1) is 0 Å². The number of rotatable bonds is 3. The summed E-state index contributed by atoms with van der Waals surface area (Å²) in [6, 6.07) is 7.68. The molecule has 0 spiro atoms. The first-order chi connectivity index (χ1) is 10.1. The van der Waals surface area contributed by atoms with E-state index in [4.69, 9.17) is 0 Å². The molecule has 3 aromatic rings. The second kappa shape index (κ2) is 5.36. The SMILES string of the molecule is Cc1ccc2nc(C)c(C(=O)NCc3cccnc3)n2c1. The Balaban J connectivity index is 1.87. The maximum atomic E-state index is 12.4. The number of aromatic nitrogens is 3. The first-order valence-corrected chi connectivity index (χ1v) is 6.77. The number of imidazole rings is 1. The van der Waals surface area contributed by atoms with Gasteiger partial charge in [0, 0.05) is 25.1 Å². The molecule has 0 aliphatic rings. The summed E-state index contributed by atoms with van der Waals surface area (Å²) in [4.78, 5) is 20.9. The van der Waals surface area contributed by atoms with E-state index >= 15 is 0 Å². The highest BCUT2D eigenvalue weighted by Gasteiger charge is 2.16. The third-order valence-corrected chi connectivity index (χ3v) is 3.33. The predicted molar refractivity (Wildman–Crippen MR) is 80.1 cm³/mol. The Morgan fingerprint density at radius 3 is 2.90 bits per heavy atom. The molecule has 0 fully saturated rings. The maximum Gasteiger partial charge on any atom is 0.270 e. The normalized spacial score (nSPS) is 10.8. The van der Waals surface area contributed by atoms with Crippen molar-refractivity contribution >= 4 is 11.6 Å². The lowest BCUT2D eigenvalue weighted by atomic mass is 10.2. The molecular weight excluding hydrogens is 264 g/mol. The van der Waals surface area contributed by atoms with E-state index < -0.39 is 0 Å². The lowest BCUT2D eigenvalue weighted by molar-refractivity contribution is 0.0944. The van der Waals surface area contributed by atoms with E-state index in [0.717, 1.165) is 22.5 Å². The zero-order valence-corrected chi connectivity index (χ0v) is 12.0. The number of pyridine rings is 2. The van der Waals surface area contributed by atoms with Crippen LogP contribution in [-0.2, 0) is 6.54 Å². The molecule has 21 heavy (non-hydrogen) atoms. The smallest absolute Gasteiger partial charge is 0.270 e. The van der Waals surface area contributed by atoms with Crippen LogP contribution in [0.3, 0.4) is 0 Å². The van der Waals surface area contributed by atoms with E-state index in [-0.39, 0.29) is 5.91 Å². The van der Waals surface area contributed by atoms with Gasteiger partial charge in [0.05, 0.1) is 5.69 Å². The number of hydrogen-bond acceptors (Lipinski definition) is 3. The molecule has 0 aliphatic carbocycles. The fourth-order valence-corrected chi connectivity index (χ4v) is 2.31. The summed E-state index contributed by atoms with van der Waals surface area (Å²) in [5.74, 6) is -0.130. The summed E-state index contributed by atoms with van der Waals surface area (Å²) in [6.45, 7) is 4.29. The average molecular weight is 280 g/mol. The van der Waals surface area contributed by atoms with Crippen LogP contribution >= 0.6 is 0 Å². The Kier molecular flexibility index (Phi) is 3.39. The minimum Gasteiger partial charge on any atom is -0.347 e. The van der Waals surface area contributed by atoms with Gasteiger partial charge in [0.15, 0.2) is 0 Å². The van der Waals surface area contributed by atoms with Crippen LogP contribution in [0.5, 0.6) is 0 Å². The molecule has 0 aromatic carbocycles. The third-order valence-electron chi connectivity index (χ3n) is 3.33. The van der Waals surface area contributed by atoms with Crippen LogP contribution in [0.15, 0.2) is 42.9 Å². The number of carbonyl (C=O) groups is 1. The molecule has 106 valence electrons. The topological polar surface area (TPSA) is 59.3 Å². The molecule has 0 atom stereocenters. The van der Waals surface area contributed by atoms with E-state index in [1.165, 1.54) is 0 Å². The summed E-state index contributed by atoms with van der Waals surface area (Å²) in [6.07, 6.45) is 5.38. The van der Waals surface area contributed by atoms with Crippen molar-refractivity contribution in [3.05, 3.63) is 65.4 Å². The Bertz CT molecular complexity index is 793. The van der Waals surface area contributed by atoms with Crippen LogP contribution in [0, 0.1) is 13.8 Å². The molecule has 0 saturated carbocycles. The first-order valence-electron chi connectivity index (χ1n) is 6.77.